The Hall–Kier alpha value is -2.18. The Morgan fingerprint density at radius 1 is 1.33 bits per heavy atom. The van der Waals surface area contributed by atoms with Gasteiger partial charge in [-0.3, -0.25) is 0 Å². The van der Waals surface area contributed by atoms with E-state index in [0.29, 0.717) is 30.7 Å². The van der Waals surface area contributed by atoms with Crippen molar-refractivity contribution >= 4 is 11.0 Å². The quantitative estimate of drug-likeness (QED) is 0.701. The minimum Gasteiger partial charge on any atom is -0.451 e. The number of hydrogen-bond acceptors (Lipinski definition) is 6. The molecule has 1 unspecified atom stereocenters. The number of benzene rings is 1. The number of ether oxygens (including phenoxy) is 1. The molecule has 0 saturated heterocycles. The first-order chi connectivity index (χ1) is 10.3. The van der Waals surface area contributed by atoms with Gasteiger partial charge in [-0.1, -0.05) is 30.3 Å². The summed E-state index contributed by atoms with van der Waals surface area (Å²) in [6.07, 6.45) is 0.948. The smallest absolute Gasteiger partial charge is 0.293 e. The topological polar surface area (TPSA) is 87.3 Å². The van der Waals surface area contributed by atoms with E-state index in [1.54, 1.807) is 0 Å². The zero-order valence-electron chi connectivity index (χ0n) is 11.8. The Balaban J connectivity index is 1.77. The molecule has 1 aromatic carbocycles. The molecule has 1 atom stereocenters. The van der Waals surface area contributed by atoms with Crippen LogP contribution >= 0.6 is 0 Å². The molecule has 110 valence electrons. The molecule has 6 heteroatoms. The Labute approximate surface area is 121 Å². The molecule has 0 spiro atoms. The lowest BCUT2D eigenvalue weighted by Crippen LogP contribution is -2.18. The van der Waals surface area contributed by atoms with E-state index in [1.807, 2.05) is 37.3 Å². The van der Waals surface area contributed by atoms with Gasteiger partial charge in [0, 0.05) is 12.0 Å². The number of para-hydroxylation sites is 1. The highest BCUT2D eigenvalue weighted by molar-refractivity contribution is 5.81. The molecular weight excluding hydrogens is 270 g/mol. The molecule has 2 N–H and O–H groups in total. The van der Waals surface area contributed by atoms with E-state index in [0.717, 1.165) is 17.4 Å². The van der Waals surface area contributed by atoms with E-state index in [-0.39, 0.29) is 0 Å². The lowest BCUT2D eigenvalue weighted by molar-refractivity contribution is 0.119. The summed E-state index contributed by atoms with van der Waals surface area (Å²) < 4.78 is 16.3. The fourth-order valence-electron chi connectivity index (χ4n) is 2.00. The first-order valence-corrected chi connectivity index (χ1v) is 6.94. The van der Waals surface area contributed by atoms with Gasteiger partial charge in [-0.25, -0.2) is 0 Å². The van der Waals surface area contributed by atoms with Crippen LogP contribution in [0.15, 0.2) is 39.3 Å². The van der Waals surface area contributed by atoms with Gasteiger partial charge >= 0.3 is 0 Å². The summed E-state index contributed by atoms with van der Waals surface area (Å²) in [6, 6.07) is 9.17. The van der Waals surface area contributed by atoms with Crippen molar-refractivity contribution in [3.63, 3.8) is 0 Å². The second-order valence-electron chi connectivity index (χ2n) is 4.79. The summed E-state index contributed by atoms with van der Waals surface area (Å²) in [5.74, 6) is 1.28. The Bertz CT molecular complexity index is 687. The largest absolute Gasteiger partial charge is 0.451 e. The number of nitrogens with zero attached hydrogens (tertiary/aromatic N) is 2. The predicted molar refractivity (Wildman–Crippen MR) is 77.5 cm³/mol. The molecule has 0 bridgehead atoms. The summed E-state index contributed by atoms with van der Waals surface area (Å²) in [5.41, 5.74) is 6.74. The van der Waals surface area contributed by atoms with Crippen molar-refractivity contribution in [1.29, 1.82) is 0 Å². The van der Waals surface area contributed by atoms with E-state index in [4.69, 9.17) is 19.4 Å². The highest BCUT2D eigenvalue weighted by Gasteiger charge is 2.18. The molecule has 0 aliphatic carbocycles. The molecule has 21 heavy (non-hydrogen) atoms. The third kappa shape index (κ3) is 2.96. The summed E-state index contributed by atoms with van der Waals surface area (Å²) in [5, 5.41) is 4.88. The van der Waals surface area contributed by atoms with Gasteiger partial charge in [-0.2, -0.15) is 4.98 Å². The second-order valence-corrected chi connectivity index (χ2v) is 4.79. The molecule has 6 nitrogen and oxygen atoms in total. The fraction of sp³-hybridized carbons (Fsp3) is 0.333. The minimum atomic E-state index is -0.404. The SMILES string of the molecule is CCCOCC(N)c1noc(-c2cc3ccccc3o2)n1. The van der Waals surface area contributed by atoms with Crippen LogP contribution in [0.2, 0.25) is 0 Å². The molecule has 0 aliphatic heterocycles. The average Bonchev–Trinajstić information content (AvgIpc) is 3.13. The summed E-state index contributed by atoms with van der Waals surface area (Å²) in [7, 11) is 0. The highest BCUT2D eigenvalue weighted by atomic mass is 16.5. The van der Waals surface area contributed by atoms with Crippen LogP contribution in [0.1, 0.15) is 25.2 Å². The Kier molecular flexibility index (Phi) is 3.98. The minimum absolute atomic E-state index is 0.326. The molecule has 0 fully saturated rings. The maximum Gasteiger partial charge on any atom is 0.293 e. The van der Waals surface area contributed by atoms with Crippen LogP contribution in [0.4, 0.5) is 0 Å². The van der Waals surface area contributed by atoms with Crippen LogP contribution in [0.3, 0.4) is 0 Å². The van der Waals surface area contributed by atoms with Crippen LogP contribution in [-0.2, 0) is 4.74 Å². The number of rotatable bonds is 6. The number of furan rings is 1. The molecule has 2 heterocycles. The number of nitrogens with two attached hydrogens (primary N) is 1. The van der Waals surface area contributed by atoms with Gasteiger partial charge in [0.1, 0.15) is 5.58 Å². The van der Waals surface area contributed by atoms with Crippen molar-refractivity contribution in [1.82, 2.24) is 10.1 Å². The van der Waals surface area contributed by atoms with Gasteiger partial charge in [-0.05, 0) is 18.6 Å². The van der Waals surface area contributed by atoms with Crippen molar-refractivity contribution < 1.29 is 13.7 Å². The third-order valence-electron chi connectivity index (χ3n) is 3.06. The summed E-state index contributed by atoms with van der Waals surface area (Å²) >= 11 is 0. The van der Waals surface area contributed by atoms with Crippen molar-refractivity contribution in [3.8, 4) is 11.7 Å². The molecule has 3 rings (SSSR count). The second kappa shape index (κ2) is 6.07. The van der Waals surface area contributed by atoms with Crippen LogP contribution < -0.4 is 5.73 Å². The van der Waals surface area contributed by atoms with Crippen LogP contribution in [0, 0.1) is 0 Å². The highest BCUT2D eigenvalue weighted by Crippen LogP contribution is 2.26. The van der Waals surface area contributed by atoms with Crippen LogP contribution in [0.5, 0.6) is 0 Å². The fourth-order valence-corrected chi connectivity index (χ4v) is 2.00. The van der Waals surface area contributed by atoms with Crippen molar-refractivity contribution in [3.05, 3.63) is 36.2 Å². The van der Waals surface area contributed by atoms with E-state index in [9.17, 15) is 0 Å². The average molecular weight is 287 g/mol. The molecular formula is C15H17N3O3. The van der Waals surface area contributed by atoms with E-state index >= 15 is 0 Å². The first kappa shape index (κ1) is 13.8. The molecule has 0 amide bonds. The number of aromatic nitrogens is 2. The van der Waals surface area contributed by atoms with E-state index in [1.165, 1.54) is 0 Å². The van der Waals surface area contributed by atoms with Gasteiger partial charge < -0.3 is 19.4 Å². The van der Waals surface area contributed by atoms with Gasteiger partial charge in [0.05, 0.1) is 12.6 Å². The normalized spacial score (nSPS) is 12.9. The summed E-state index contributed by atoms with van der Waals surface area (Å²) in [4.78, 5) is 4.28. The lowest BCUT2D eigenvalue weighted by atomic mass is 10.2. The lowest BCUT2D eigenvalue weighted by Gasteiger charge is -2.06. The van der Waals surface area contributed by atoms with Gasteiger partial charge in [0.2, 0.25) is 0 Å². The maximum atomic E-state index is 5.96. The van der Waals surface area contributed by atoms with Gasteiger partial charge in [0.15, 0.2) is 11.6 Å². The molecule has 2 aromatic heterocycles. The number of fused-ring (bicyclic) bond motifs is 1. The zero-order chi connectivity index (χ0) is 14.7. The van der Waals surface area contributed by atoms with Crippen LogP contribution in [0.25, 0.3) is 22.6 Å². The van der Waals surface area contributed by atoms with Gasteiger partial charge in [0.25, 0.3) is 5.89 Å². The number of hydrogen-bond donors (Lipinski definition) is 1. The van der Waals surface area contributed by atoms with Crippen molar-refractivity contribution in [2.75, 3.05) is 13.2 Å². The van der Waals surface area contributed by atoms with Crippen molar-refractivity contribution in [2.24, 2.45) is 5.73 Å². The van der Waals surface area contributed by atoms with Crippen molar-refractivity contribution in [2.45, 2.75) is 19.4 Å². The zero-order valence-corrected chi connectivity index (χ0v) is 11.8. The van der Waals surface area contributed by atoms with Gasteiger partial charge in [-0.15, -0.1) is 0 Å². The van der Waals surface area contributed by atoms with E-state index < -0.39 is 6.04 Å². The third-order valence-corrected chi connectivity index (χ3v) is 3.06. The predicted octanol–water partition coefficient (Wildman–Crippen LogP) is 2.91. The molecule has 0 saturated carbocycles. The Morgan fingerprint density at radius 3 is 3.00 bits per heavy atom. The molecule has 0 radical (unpaired) electrons. The standard InChI is InChI=1S/C15H17N3O3/c1-2-7-19-9-11(16)14-17-15(21-18-14)13-8-10-5-3-4-6-12(10)20-13/h3-6,8,11H,2,7,9,16H2,1H3. The summed E-state index contributed by atoms with van der Waals surface area (Å²) in [6.45, 7) is 3.08. The Morgan fingerprint density at radius 2 is 2.19 bits per heavy atom. The monoisotopic (exact) mass is 287 g/mol. The molecule has 3 aromatic rings. The van der Waals surface area contributed by atoms with Crippen LogP contribution in [-0.4, -0.2) is 23.4 Å². The van der Waals surface area contributed by atoms with E-state index in [2.05, 4.69) is 10.1 Å². The maximum absolute atomic E-state index is 5.96. The molecule has 0 aliphatic rings. The first-order valence-electron chi connectivity index (χ1n) is 6.94.